The molecular formula is C16H22N4. The van der Waals surface area contributed by atoms with Crippen LogP contribution >= 0.6 is 0 Å². The Morgan fingerprint density at radius 2 is 1.65 bits per heavy atom. The number of rotatable bonds is 3. The van der Waals surface area contributed by atoms with Crippen LogP contribution in [0, 0.1) is 13.8 Å². The summed E-state index contributed by atoms with van der Waals surface area (Å²) >= 11 is 0. The molecule has 0 radical (unpaired) electrons. The summed E-state index contributed by atoms with van der Waals surface area (Å²) in [4.78, 5) is 2.44. The standard InChI is InChI=1S/C16H22N4/c1-12-16(11-17)13(2)20(18-12)15-7-5-14(6-8-15)19-9-3-4-10-19/h5-8H,3-4,9-11,17H2,1-2H3. The topological polar surface area (TPSA) is 47.1 Å². The maximum Gasteiger partial charge on any atom is 0.0650 e. The molecule has 0 atom stereocenters. The van der Waals surface area contributed by atoms with Crippen LogP contribution in [-0.4, -0.2) is 22.9 Å². The van der Waals surface area contributed by atoms with Crippen molar-refractivity contribution in [2.75, 3.05) is 18.0 Å². The lowest BCUT2D eigenvalue weighted by Gasteiger charge is -2.17. The third kappa shape index (κ3) is 2.20. The van der Waals surface area contributed by atoms with Crippen LogP contribution in [0.25, 0.3) is 5.69 Å². The molecule has 0 saturated carbocycles. The minimum atomic E-state index is 0.545. The van der Waals surface area contributed by atoms with E-state index in [1.807, 2.05) is 11.6 Å². The van der Waals surface area contributed by atoms with Gasteiger partial charge in [-0.3, -0.25) is 0 Å². The number of anilines is 1. The lowest BCUT2D eigenvalue weighted by atomic mass is 10.2. The summed E-state index contributed by atoms with van der Waals surface area (Å²) in [5, 5.41) is 4.60. The molecule has 2 aromatic rings. The highest BCUT2D eigenvalue weighted by Gasteiger charge is 2.14. The van der Waals surface area contributed by atoms with Gasteiger partial charge >= 0.3 is 0 Å². The Balaban J connectivity index is 1.91. The summed E-state index contributed by atoms with van der Waals surface area (Å²) in [6, 6.07) is 8.68. The fraction of sp³-hybridized carbons (Fsp3) is 0.438. The van der Waals surface area contributed by atoms with Crippen LogP contribution in [0.15, 0.2) is 24.3 Å². The van der Waals surface area contributed by atoms with Crippen molar-refractivity contribution in [2.45, 2.75) is 33.2 Å². The van der Waals surface area contributed by atoms with Crippen LogP contribution in [0.4, 0.5) is 5.69 Å². The minimum Gasteiger partial charge on any atom is -0.372 e. The Morgan fingerprint density at radius 1 is 1.05 bits per heavy atom. The molecule has 4 heteroatoms. The van der Waals surface area contributed by atoms with Crippen LogP contribution in [0.2, 0.25) is 0 Å². The van der Waals surface area contributed by atoms with E-state index in [0.717, 1.165) is 22.6 Å². The van der Waals surface area contributed by atoms with Crippen LogP contribution < -0.4 is 10.6 Å². The van der Waals surface area contributed by atoms with Gasteiger partial charge in [-0.25, -0.2) is 4.68 Å². The Bertz CT molecular complexity index is 592. The van der Waals surface area contributed by atoms with Crippen molar-refractivity contribution in [1.82, 2.24) is 9.78 Å². The van der Waals surface area contributed by atoms with Gasteiger partial charge in [0, 0.05) is 36.6 Å². The van der Waals surface area contributed by atoms with Crippen LogP contribution in [-0.2, 0) is 6.54 Å². The first kappa shape index (κ1) is 13.2. The minimum absolute atomic E-state index is 0.545. The van der Waals surface area contributed by atoms with Gasteiger partial charge in [-0.2, -0.15) is 5.10 Å². The van der Waals surface area contributed by atoms with Gasteiger partial charge in [0.2, 0.25) is 0 Å². The fourth-order valence-electron chi connectivity index (χ4n) is 3.00. The van der Waals surface area contributed by atoms with Gasteiger partial charge in [0.05, 0.1) is 11.4 Å². The van der Waals surface area contributed by atoms with Crippen molar-refractivity contribution in [3.63, 3.8) is 0 Å². The van der Waals surface area contributed by atoms with Crippen molar-refractivity contribution in [3.8, 4) is 5.69 Å². The number of nitrogens with two attached hydrogens (primary N) is 1. The quantitative estimate of drug-likeness (QED) is 0.932. The number of hydrogen-bond donors (Lipinski definition) is 1. The average molecular weight is 270 g/mol. The van der Waals surface area contributed by atoms with Crippen LogP contribution in [0.1, 0.15) is 29.8 Å². The zero-order valence-corrected chi connectivity index (χ0v) is 12.3. The number of nitrogens with zero attached hydrogens (tertiary/aromatic N) is 3. The molecule has 0 spiro atoms. The summed E-state index contributed by atoms with van der Waals surface area (Å²) in [6.45, 7) is 7.00. The SMILES string of the molecule is Cc1nn(-c2ccc(N3CCCC3)cc2)c(C)c1CN. The molecule has 1 aromatic heterocycles. The molecule has 4 nitrogen and oxygen atoms in total. The highest BCUT2D eigenvalue weighted by atomic mass is 15.3. The molecule has 3 rings (SSSR count). The van der Waals surface area contributed by atoms with Crippen molar-refractivity contribution >= 4 is 5.69 Å². The van der Waals surface area contributed by atoms with E-state index in [4.69, 9.17) is 5.73 Å². The first-order valence-electron chi connectivity index (χ1n) is 7.31. The second-order valence-electron chi connectivity index (χ2n) is 5.48. The first-order chi connectivity index (χ1) is 9.70. The predicted molar refractivity (Wildman–Crippen MR) is 82.4 cm³/mol. The van der Waals surface area contributed by atoms with Crippen molar-refractivity contribution in [1.29, 1.82) is 0 Å². The molecule has 1 aliphatic heterocycles. The summed E-state index contributed by atoms with van der Waals surface area (Å²) in [7, 11) is 0. The van der Waals surface area contributed by atoms with Gasteiger partial charge in [-0.05, 0) is 51.0 Å². The number of hydrogen-bond acceptors (Lipinski definition) is 3. The first-order valence-corrected chi connectivity index (χ1v) is 7.31. The van der Waals surface area contributed by atoms with E-state index in [1.54, 1.807) is 0 Å². The number of aryl methyl sites for hydroxylation is 1. The Kier molecular flexibility index (Phi) is 3.49. The van der Waals surface area contributed by atoms with Gasteiger partial charge in [-0.15, -0.1) is 0 Å². The molecule has 2 heterocycles. The van der Waals surface area contributed by atoms with E-state index in [9.17, 15) is 0 Å². The summed E-state index contributed by atoms with van der Waals surface area (Å²) in [5.41, 5.74) is 11.5. The number of benzene rings is 1. The van der Waals surface area contributed by atoms with Gasteiger partial charge in [-0.1, -0.05) is 0 Å². The maximum absolute atomic E-state index is 5.79. The van der Waals surface area contributed by atoms with Gasteiger partial charge < -0.3 is 10.6 Å². The summed E-state index contributed by atoms with van der Waals surface area (Å²) < 4.78 is 1.99. The van der Waals surface area contributed by atoms with Gasteiger partial charge in [0.1, 0.15) is 0 Å². The lowest BCUT2D eigenvalue weighted by Crippen LogP contribution is -2.17. The molecule has 0 unspecified atom stereocenters. The van der Waals surface area contributed by atoms with Crippen LogP contribution in [0.5, 0.6) is 0 Å². The third-order valence-electron chi connectivity index (χ3n) is 4.21. The van der Waals surface area contributed by atoms with E-state index >= 15 is 0 Å². The second-order valence-corrected chi connectivity index (χ2v) is 5.48. The monoisotopic (exact) mass is 270 g/mol. The smallest absolute Gasteiger partial charge is 0.0650 e. The van der Waals surface area contributed by atoms with Gasteiger partial charge in [0.15, 0.2) is 0 Å². The molecular weight excluding hydrogens is 248 g/mol. The van der Waals surface area contributed by atoms with Crippen molar-refractivity contribution < 1.29 is 0 Å². The Labute approximate surface area is 120 Å². The molecule has 106 valence electrons. The summed E-state index contributed by atoms with van der Waals surface area (Å²) in [6.07, 6.45) is 2.61. The Hall–Kier alpha value is -1.81. The normalized spacial score (nSPS) is 15.1. The van der Waals surface area contributed by atoms with E-state index in [2.05, 4.69) is 41.2 Å². The van der Waals surface area contributed by atoms with Crippen molar-refractivity contribution in [2.24, 2.45) is 5.73 Å². The van der Waals surface area contributed by atoms with E-state index < -0.39 is 0 Å². The van der Waals surface area contributed by atoms with E-state index in [1.165, 1.54) is 31.6 Å². The molecule has 1 fully saturated rings. The number of aromatic nitrogens is 2. The van der Waals surface area contributed by atoms with Crippen LogP contribution in [0.3, 0.4) is 0 Å². The predicted octanol–water partition coefficient (Wildman–Crippen LogP) is 2.55. The summed E-state index contributed by atoms with van der Waals surface area (Å²) in [5.74, 6) is 0. The molecule has 0 aliphatic carbocycles. The molecule has 0 bridgehead atoms. The largest absolute Gasteiger partial charge is 0.372 e. The fourth-order valence-corrected chi connectivity index (χ4v) is 3.00. The molecule has 1 saturated heterocycles. The maximum atomic E-state index is 5.79. The zero-order valence-electron chi connectivity index (χ0n) is 12.3. The van der Waals surface area contributed by atoms with E-state index in [-0.39, 0.29) is 0 Å². The molecule has 1 aliphatic rings. The third-order valence-corrected chi connectivity index (χ3v) is 4.21. The van der Waals surface area contributed by atoms with Gasteiger partial charge in [0.25, 0.3) is 0 Å². The second kappa shape index (κ2) is 5.29. The average Bonchev–Trinajstić information content (AvgIpc) is 3.08. The lowest BCUT2D eigenvalue weighted by molar-refractivity contribution is 0.831. The molecule has 20 heavy (non-hydrogen) atoms. The molecule has 2 N–H and O–H groups in total. The highest BCUT2D eigenvalue weighted by Crippen LogP contribution is 2.23. The highest BCUT2D eigenvalue weighted by molar-refractivity contribution is 5.52. The Morgan fingerprint density at radius 3 is 2.20 bits per heavy atom. The van der Waals surface area contributed by atoms with E-state index in [0.29, 0.717) is 6.54 Å². The van der Waals surface area contributed by atoms with Crippen molar-refractivity contribution in [3.05, 3.63) is 41.2 Å². The molecule has 0 amide bonds. The zero-order chi connectivity index (χ0) is 14.1. The molecule has 1 aromatic carbocycles.